The van der Waals surface area contributed by atoms with E-state index in [4.69, 9.17) is 9.47 Å². The maximum Gasteiger partial charge on any atom is 0.270 e. The molecule has 0 radical (unpaired) electrons. The summed E-state index contributed by atoms with van der Waals surface area (Å²) in [6.45, 7) is 4.43. The minimum Gasteiger partial charge on any atom is -0.489 e. The maximum atomic E-state index is 13.5. The number of anilines is 2. The summed E-state index contributed by atoms with van der Waals surface area (Å²) in [6, 6.07) is 17.7. The number of piperidine rings is 2. The van der Waals surface area contributed by atoms with Crippen molar-refractivity contribution in [2.24, 2.45) is 5.41 Å². The van der Waals surface area contributed by atoms with Gasteiger partial charge in [0, 0.05) is 38.1 Å². The standard InChI is InChI=1S/C32H37N5O4/c1-35-16-11-32(12-17-35)13-18-37(19-14-32)23-8-9-29-28(20-23)36(2)31(39)27(22-40-29)34-30(38)26-21-25(10-15-33-26)41-24-6-4-3-5-7-24/h3-10,15,20-21,27H,11-14,16-19,22H2,1-2H3,(H,34,38)/t27-/m0/s1. The zero-order valence-corrected chi connectivity index (χ0v) is 23.7. The van der Waals surface area contributed by atoms with E-state index in [0.717, 1.165) is 18.8 Å². The number of likely N-dealkylation sites (tertiary alicyclic amines) is 1. The Morgan fingerprint density at radius 1 is 0.951 bits per heavy atom. The van der Waals surface area contributed by atoms with Crippen molar-refractivity contribution in [2.75, 3.05) is 56.7 Å². The minimum absolute atomic E-state index is 0.0299. The summed E-state index contributed by atoms with van der Waals surface area (Å²) in [4.78, 5) is 37.2. The number of carbonyl (C=O) groups excluding carboxylic acids is 2. The number of hydrogen-bond acceptors (Lipinski definition) is 7. The summed E-state index contributed by atoms with van der Waals surface area (Å²) in [5, 5.41) is 2.81. The van der Waals surface area contributed by atoms with Crippen molar-refractivity contribution < 1.29 is 19.1 Å². The molecule has 9 heteroatoms. The van der Waals surface area contributed by atoms with Crippen LogP contribution in [0.4, 0.5) is 11.4 Å². The normalized spacial score (nSPS) is 20.6. The predicted octanol–water partition coefficient (Wildman–Crippen LogP) is 4.34. The number of fused-ring (bicyclic) bond motifs is 1. The molecule has 4 heterocycles. The lowest BCUT2D eigenvalue weighted by molar-refractivity contribution is -0.120. The molecule has 2 amide bonds. The topological polar surface area (TPSA) is 87.2 Å². The molecule has 2 saturated heterocycles. The number of nitrogens with zero attached hydrogens (tertiary/aromatic N) is 4. The predicted molar refractivity (Wildman–Crippen MR) is 158 cm³/mol. The average molecular weight is 556 g/mol. The van der Waals surface area contributed by atoms with Crippen molar-refractivity contribution in [2.45, 2.75) is 31.7 Å². The lowest BCUT2D eigenvalue weighted by Gasteiger charge is -2.47. The first-order valence-corrected chi connectivity index (χ1v) is 14.4. The van der Waals surface area contributed by atoms with E-state index in [1.54, 1.807) is 24.1 Å². The van der Waals surface area contributed by atoms with E-state index in [2.05, 4.69) is 33.2 Å². The highest BCUT2D eigenvalue weighted by atomic mass is 16.5. The third kappa shape index (κ3) is 5.86. The van der Waals surface area contributed by atoms with Crippen LogP contribution in [0.5, 0.6) is 17.2 Å². The Hall–Kier alpha value is -4.11. The molecule has 214 valence electrons. The first kappa shape index (κ1) is 27.1. The van der Waals surface area contributed by atoms with Crippen LogP contribution in [0.15, 0.2) is 66.9 Å². The first-order chi connectivity index (χ1) is 19.9. The van der Waals surface area contributed by atoms with E-state index >= 15 is 0 Å². The second-order valence-corrected chi connectivity index (χ2v) is 11.5. The summed E-state index contributed by atoms with van der Waals surface area (Å²) >= 11 is 0. The van der Waals surface area contributed by atoms with Gasteiger partial charge in [0.25, 0.3) is 11.8 Å². The van der Waals surface area contributed by atoms with Gasteiger partial charge in [-0.25, -0.2) is 0 Å². The zero-order valence-electron chi connectivity index (χ0n) is 23.7. The van der Waals surface area contributed by atoms with Crippen molar-refractivity contribution >= 4 is 23.2 Å². The monoisotopic (exact) mass is 555 g/mol. The lowest BCUT2D eigenvalue weighted by Crippen LogP contribution is -2.49. The van der Waals surface area contributed by atoms with E-state index in [1.807, 2.05) is 42.5 Å². The second kappa shape index (κ2) is 11.4. The van der Waals surface area contributed by atoms with Crippen molar-refractivity contribution in [3.63, 3.8) is 0 Å². The van der Waals surface area contributed by atoms with Gasteiger partial charge in [-0.1, -0.05) is 18.2 Å². The molecule has 3 aliphatic heterocycles. The summed E-state index contributed by atoms with van der Waals surface area (Å²) in [5.74, 6) is 1.05. The molecule has 9 nitrogen and oxygen atoms in total. The van der Waals surface area contributed by atoms with Gasteiger partial charge in [0.05, 0.1) is 5.69 Å². The molecule has 1 N–H and O–H groups in total. The highest BCUT2D eigenvalue weighted by Crippen LogP contribution is 2.43. The quantitative estimate of drug-likeness (QED) is 0.501. The van der Waals surface area contributed by atoms with Crippen molar-refractivity contribution in [1.82, 2.24) is 15.2 Å². The van der Waals surface area contributed by atoms with Gasteiger partial charge in [-0.15, -0.1) is 0 Å². The summed E-state index contributed by atoms with van der Waals surface area (Å²) in [5.41, 5.74) is 2.43. The number of likely N-dealkylation sites (N-methyl/N-ethyl adjacent to an activating group) is 1. The van der Waals surface area contributed by atoms with E-state index in [1.165, 1.54) is 45.0 Å². The third-order valence-corrected chi connectivity index (χ3v) is 8.82. The van der Waals surface area contributed by atoms with Gasteiger partial charge in [0.1, 0.15) is 35.6 Å². The van der Waals surface area contributed by atoms with Crippen molar-refractivity contribution in [3.05, 3.63) is 72.6 Å². The van der Waals surface area contributed by atoms with Crippen LogP contribution in [0.2, 0.25) is 0 Å². The lowest BCUT2D eigenvalue weighted by atomic mass is 9.71. The van der Waals surface area contributed by atoms with Gasteiger partial charge < -0.3 is 29.5 Å². The van der Waals surface area contributed by atoms with Gasteiger partial charge in [-0.05, 0) is 87.6 Å². The highest BCUT2D eigenvalue weighted by Gasteiger charge is 2.37. The van der Waals surface area contributed by atoms with Crippen LogP contribution >= 0.6 is 0 Å². The molecule has 3 aliphatic rings. The fraction of sp³-hybridized carbons (Fsp3) is 0.406. The number of benzene rings is 2. The fourth-order valence-electron chi connectivity index (χ4n) is 6.07. The molecule has 0 saturated carbocycles. The second-order valence-electron chi connectivity index (χ2n) is 11.5. The zero-order chi connectivity index (χ0) is 28.4. The summed E-state index contributed by atoms with van der Waals surface area (Å²) in [7, 11) is 3.94. The molecule has 2 aromatic carbocycles. The number of carbonyl (C=O) groups is 2. The van der Waals surface area contributed by atoms with Crippen LogP contribution < -0.4 is 24.6 Å². The van der Waals surface area contributed by atoms with Gasteiger partial charge in [-0.2, -0.15) is 0 Å². The molecule has 3 aromatic rings. The van der Waals surface area contributed by atoms with Gasteiger partial charge >= 0.3 is 0 Å². The van der Waals surface area contributed by atoms with Crippen LogP contribution in [0.3, 0.4) is 0 Å². The molecule has 2 fully saturated rings. The maximum absolute atomic E-state index is 13.5. The van der Waals surface area contributed by atoms with E-state index in [9.17, 15) is 9.59 Å². The number of nitrogens with one attached hydrogen (secondary N) is 1. The van der Waals surface area contributed by atoms with Crippen molar-refractivity contribution in [3.8, 4) is 17.2 Å². The Morgan fingerprint density at radius 2 is 1.68 bits per heavy atom. The number of ether oxygens (including phenoxy) is 2. The Morgan fingerprint density at radius 3 is 2.44 bits per heavy atom. The van der Waals surface area contributed by atoms with Crippen LogP contribution in [-0.4, -0.2) is 74.6 Å². The number of amides is 2. The first-order valence-electron chi connectivity index (χ1n) is 14.4. The van der Waals surface area contributed by atoms with Gasteiger partial charge in [-0.3, -0.25) is 14.6 Å². The number of para-hydroxylation sites is 1. The highest BCUT2D eigenvalue weighted by molar-refractivity contribution is 6.03. The van der Waals surface area contributed by atoms with E-state index in [0.29, 0.717) is 28.4 Å². The molecule has 1 aromatic heterocycles. The summed E-state index contributed by atoms with van der Waals surface area (Å²) in [6.07, 6.45) is 6.46. The van der Waals surface area contributed by atoms with Crippen LogP contribution in [0.1, 0.15) is 36.2 Å². The molecule has 0 unspecified atom stereocenters. The molecule has 6 rings (SSSR count). The number of aromatic nitrogens is 1. The molecule has 1 atom stereocenters. The third-order valence-electron chi connectivity index (χ3n) is 8.82. The van der Waals surface area contributed by atoms with E-state index in [-0.39, 0.29) is 18.2 Å². The van der Waals surface area contributed by atoms with Gasteiger partial charge in [0.2, 0.25) is 0 Å². The van der Waals surface area contributed by atoms with Crippen LogP contribution in [0, 0.1) is 5.41 Å². The molecular formula is C32H37N5O4. The SMILES string of the molecule is CN1CCC2(CC1)CCN(c1ccc3c(c1)N(C)C(=O)[C@@H](NC(=O)c1cc(Oc4ccccc4)ccn1)CO3)CC2. The molecule has 0 aliphatic carbocycles. The number of pyridine rings is 1. The van der Waals surface area contributed by atoms with E-state index < -0.39 is 11.9 Å². The molecular weight excluding hydrogens is 518 g/mol. The molecule has 1 spiro atoms. The number of rotatable bonds is 5. The van der Waals surface area contributed by atoms with Crippen LogP contribution in [0.25, 0.3) is 0 Å². The molecule has 0 bridgehead atoms. The Bertz CT molecular complexity index is 1400. The van der Waals surface area contributed by atoms with Crippen LogP contribution in [-0.2, 0) is 4.79 Å². The average Bonchev–Trinajstić information content (AvgIpc) is 3.11. The fourth-order valence-corrected chi connectivity index (χ4v) is 6.07. The minimum atomic E-state index is -0.858. The Labute approximate surface area is 241 Å². The largest absolute Gasteiger partial charge is 0.489 e. The Balaban J connectivity index is 1.11. The smallest absolute Gasteiger partial charge is 0.270 e. The number of hydrogen-bond donors (Lipinski definition) is 1. The Kier molecular flexibility index (Phi) is 7.53. The van der Waals surface area contributed by atoms with Crippen molar-refractivity contribution in [1.29, 1.82) is 0 Å². The summed E-state index contributed by atoms with van der Waals surface area (Å²) < 4.78 is 11.9. The van der Waals surface area contributed by atoms with Gasteiger partial charge in [0.15, 0.2) is 0 Å². The molecule has 41 heavy (non-hydrogen) atoms.